The highest BCUT2D eigenvalue weighted by Crippen LogP contribution is 2.40. The van der Waals surface area contributed by atoms with Crippen LogP contribution in [0.4, 0.5) is 9.59 Å². The van der Waals surface area contributed by atoms with E-state index in [0.717, 1.165) is 32.1 Å². The van der Waals surface area contributed by atoms with Crippen LogP contribution in [0.5, 0.6) is 0 Å². The molecule has 0 heterocycles. The minimum Gasteiger partial charge on any atom is -0.446 e. The molecule has 2 fully saturated rings. The predicted molar refractivity (Wildman–Crippen MR) is 131 cm³/mol. The number of carbonyl (C=O) groups excluding carboxylic acids is 2. The molecule has 2 aliphatic carbocycles. The van der Waals surface area contributed by atoms with E-state index in [1.807, 2.05) is 13.8 Å². The Morgan fingerprint density at radius 3 is 1.66 bits per heavy atom. The fraction of sp³-hybridized carbons (Fsp3) is 0.923. The van der Waals surface area contributed by atoms with Gasteiger partial charge in [0.25, 0.3) is 0 Å². The van der Waals surface area contributed by atoms with Crippen LogP contribution in [0.15, 0.2) is 0 Å². The molecule has 6 nitrogen and oxygen atoms in total. The van der Waals surface area contributed by atoms with Crippen molar-refractivity contribution < 1.29 is 19.1 Å². The third-order valence-corrected chi connectivity index (χ3v) is 6.54. The Bertz CT molecular complexity index is 590. The number of alkyl carbamates (subject to hydrolysis) is 2. The van der Waals surface area contributed by atoms with Crippen LogP contribution >= 0.6 is 0 Å². The lowest BCUT2D eigenvalue weighted by molar-refractivity contribution is 0.0173. The highest BCUT2D eigenvalue weighted by atomic mass is 16.6. The minimum absolute atomic E-state index is 0.0813. The molecule has 2 aliphatic rings. The number of rotatable bonds is 5. The molecule has 188 valence electrons. The molecule has 0 bridgehead atoms. The van der Waals surface area contributed by atoms with E-state index in [1.165, 1.54) is 12.8 Å². The molecule has 0 saturated heterocycles. The van der Waals surface area contributed by atoms with Crippen LogP contribution < -0.4 is 10.6 Å². The largest absolute Gasteiger partial charge is 0.446 e. The Kier molecular flexibility index (Phi) is 11.3. The SMILES string of the molecule is CCC(C)NC(=O)OC1CC(C)CC(C)(C)C1.CCNC(=O)OC1CC(C)CC(C)(C)C1. The molecule has 32 heavy (non-hydrogen) atoms. The van der Waals surface area contributed by atoms with E-state index in [4.69, 9.17) is 9.47 Å². The zero-order chi connectivity index (χ0) is 24.5. The molecule has 2 amide bonds. The first-order valence-electron chi connectivity index (χ1n) is 12.7. The van der Waals surface area contributed by atoms with Gasteiger partial charge in [0.05, 0.1) is 0 Å². The van der Waals surface area contributed by atoms with Gasteiger partial charge in [0.15, 0.2) is 0 Å². The Balaban J connectivity index is 0.000000323. The van der Waals surface area contributed by atoms with Gasteiger partial charge >= 0.3 is 12.2 Å². The van der Waals surface area contributed by atoms with Crippen LogP contribution in [0.2, 0.25) is 0 Å². The van der Waals surface area contributed by atoms with Crippen molar-refractivity contribution in [1.82, 2.24) is 10.6 Å². The third-order valence-electron chi connectivity index (χ3n) is 6.54. The monoisotopic (exact) mass is 454 g/mol. The molecule has 0 radical (unpaired) electrons. The Morgan fingerprint density at radius 1 is 0.844 bits per heavy atom. The summed E-state index contributed by atoms with van der Waals surface area (Å²) in [6.45, 7) is 20.0. The van der Waals surface area contributed by atoms with E-state index >= 15 is 0 Å². The van der Waals surface area contributed by atoms with Crippen molar-refractivity contribution in [3.8, 4) is 0 Å². The summed E-state index contributed by atoms with van der Waals surface area (Å²) in [5, 5.41) is 5.53. The van der Waals surface area contributed by atoms with Crippen molar-refractivity contribution in [1.29, 1.82) is 0 Å². The molecular weight excluding hydrogens is 404 g/mol. The van der Waals surface area contributed by atoms with Gasteiger partial charge in [0.1, 0.15) is 12.2 Å². The van der Waals surface area contributed by atoms with E-state index in [0.29, 0.717) is 29.2 Å². The Labute approximate surface area is 197 Å². The van der Waals surface area contributed by atoms with E-state index in [9.17, 15) is 9.59 Å². The summed E-state index contributed by atoms with van der Waals surface area (Å²) in [4.78, 5) is 23.0. The maximum absolute atomic E-state index is 11.7. The number of hydrogen-bond donors (Lipinski definition) is 2. The first-order chi connectivity index (χ1) is 14.7. The molecule has 0 aliphatic heterocycles. The quantitative estimate of drug-likeness (QED) is 0.486. The van der Waals surface area contributed by atoms with E-state index in [1.54, 1.807) is 0 Å². The molecule has 0 aromatic carbocycles. The second-order valence-corrected chi connectivity index (χ2v) is 11.9. The third kappa shape index (κ3) is 11.4. The number of ether oxygens (including phenoxy) is 2. The average Bonchev–Trinajstić information content (AvgIpc) is 2.58. The van der Waals surface area contributed by atoms with Crippen LogP contribution in [0, 0.1) is 22.7 Å². The maximum Gasteiger partial charge on any atom is 0.407 e. The summed E-state index contributed by atoms with van der Waals surface area (Å²) in [7, 11) is 0. The molecule has 2 rings (SSSR count). The summed E-state index contributed by atoms with van der Waals surface area (Å²) < 4.78 is 10.9. The second-order valence-electron chi connectivity index (χ2n) is 11.9. The second kappa shape index (κ2) is 12.7. The molecule has 2 N–H and O–H groups in total. The van der Waals surface area contributed by atoms with E-state index in [-0.39, 0.29) is 30.4 Å². The van der Waals surface area contributed by atoms with Crippen LogP contribution in [0.1, 0.15) is 107 Å². The van der Waals surface area contributed by atoms with Crippen molar-refractivity contribution >= 4 is 12.2 Å². The first-order valence-corrected chi connectivity index (χ1v) is 12.7. The summed E-state index contributed by atoms with van der Waals surface area (Å²) in [6, 6.07) is 0.191. The standard InChI is InChI=1S/C14H27NO2.C12H23NO2/c1-6-11(3)15-13(16)17-12-7-10(2)8-14(4,5)9-12;1-5-13-11(14)15-10-6-9(2)7-12(3,4)8-10/h10-12H,6-9H2,1-5H3,(H,15,16);9-10H,5-8H2,1-4H3,(H,13,14). The normalized spacial score (nSPS) is 29.5. The first kappa shape index (κ1) is 28.6. The van der Waals surface area contributed by atoms with Gasteiger partial charge in [-0.2, -0.15) is 0 Å². The topological polar surface area (TPSA) is 76.7 Å². The average molecular weight is 455 g/mol. The zero-order valence-corrected chi connectivity index (χ0v) is 22.2. The minimum atomic E-state index is -0.271. The Hall–Kier alpha value is -1.46. The van der Waals surface area contributed by atoms with Crippen molar-refractivity contribution in [2.24, 2.45) is 22.7 Å². The highest BCUT2D eigenvalue weighted by Gasteiger charge is 2.35. The lowest BCUT2D eigenvalue weighted by Crippen LogP contribution is -2.39. The zero-order valence-electron chi connectivity index (χ0n) is 22.2. The number of hydrogen-bond acceptors (Lipinski definition) is 4. The van der Waals surface area contributed by atoms with Gasteiger partial charge in [0, 0.05) is 12.6 Å². The number of nitrogens with one attached hydrogen (secondary N) is 2. The summed E-state index contributed by atoms with van der Waals surface area (Å²) in [6.07, 6.45) is 6.98. The van der Waals surface area contributed by atoms with Gasteiger partial charge in [-0.3, -0.25) is 0 Å². The molecular formula is C26H50N2O4. The fourth-order valence-corrected chi connectivity index (χ4v) is 5.52. The van der Waals surface area contributed by atoms with Gasteiger partial charge in [-0.25, -0.2) is 9.59 Å². The van der Waals surface area contributed by atoms with E-state index < -0.39 is 0 Å². The Morgan fingerprint density at radius 2 is 1.28 bits per heavy atom. The van der Waals surface area contributed by atoms with Gasteiger partial charge in [-0.1, -0.05) is 48.5 Å². The molecule has 6 heteroatoms. The molecule has 0 aromatic heterocycles. The number of amides is 2. The fourth-order valence-electron chi connectivity index (χ4n) is 5.52. The molecule has 0 aromatic rings. The van der Waals surface area contributed by atoms with Gasteiger partial charge in [-0.15, -0.1) is 0 Å². The lowest BCUT2D eigenvalue weighted by Gasteiger charge is -2.38. The van der Waals surface area contributed by atoms with Gasteiger partial charge in [-0.05, 0) is 81.5 Å². The molecule has 5 atom stereocenters. The van der Waals surface area contributed by atoms with Crippen molar-refractivity contribution in [3.05, 3.63) is 0 Å². The van der Waals surface area contributed by atoms with Gasteiger partial charge < -0.3 is 20.1 Å². The van der Waals surface area contributed by atoms with E-state index in [2.05, 4.69) is 59.1 Å². The molecule has 0 spiro atoms. The van der Waals surface area contributed by atoms with Gasteiger partial charge in [0.2, 0.25) is 0 Å². The number of carbonyl (C=O) groups is 2. The predicted octanol–water partition coefficient (Wildman–Crippen LogP) is 6.67. The van der Waals surface area contributed by atoms with Crippen molar-refractivity contribution in [3.63, 3.8) is 0 Å². The molecule has 5 unspecified atom stereocenters. The highest BCUT2D eigenvalue weighted by molar-refractivity contribution is 5.67. The van der Waals surface area contributed by atoms with Crippen molar-refractivity contribution in [2.45, 2.75) is 126 Å². The molecule has 2 saturated carbocycles. The van der Waals surface area contributed by atoms with Crippen LogP contribution in [0.25, 0.3) is 0 Å². The smallest absolute Gasteiger partial charge is 0.407 e. The van der Waals surface area contributed by atoms with Crippen LogP contribution in [-0.2, 0) is 9.47 Å². The lowest BCUT2D eigenvalue weighted by atomic mass is 9.71. The maximum atomic E-state index is 11.7. The summed E-state index contributed by atoms with van der Waals surface area (Å²) in [5.41, 5.74) is 0.591. The summed E-state index contributed by atoms with van der Waals surface area (Å²) in [5.74, 6) is 1.29. The van der Waals surface area contributed by atoms with Crippen LogP contribution in [-0.4, -0.2) is 37.0 Å². The van der Waals surface area contributed by atoms with Crippen molar-refractivity contribution in [2.75, 3.05) is 6.54 Å². The summed E-state index contributed by atoms with van der Waals surface area (Å²) >= 11 is 0. The van der Waals surface area contributed by atoms with Crippen LogP contribution in [0.3, 0.4) is 0 Å².